The summed E-state index contributed by atoms with van der Waals surface area (Å²) >= 11 is 0. The molecule has 0 saturated heterocycles. The molecular weight excluding hydrogens is 236 g/mol. The number of rotatable bonds is 2. The van der Waals surface area contributed by atoms with Crippen molar-refractivity contribution >= 4 is 5.78 Å². The van der Waals surface area contributed by atoms with Crippen molar-refractivity contribution in [1.82, 2.24) is 0 Å². The van der Waals surface area contributed by atoms with Crippen LogP contribution < -0.4 is 4.74 Å². The fourth-order valence-corrected chi connectivity index (χ4v) is 3.58. The van der Waals surface area contributed by atoms with Crippen LogP contribution in [0.4, 0.5) is 0 Å². The third kappa shape index (κ3) is 2.18. The molecule has 1 aromatic rings. The molecule has 1 aliphatic carbocycles. The van der Waals surface area contributed by atoms with Crippen LogP contribution in [0.25, 0.3) is 0 Å². The predicted octanol–water partition coefficient (Wildman–Crippen LogP) is 4.02. The number of carbonyl (C=O) groups excluding carboxylic acids is 1. The fraction of sp³-hybridized carbons (Fsp3) is 0.588. The Labute approximate surface area is 115 Å². The van der Waals surface area contributed by atoms with Crippen molar-refractivity contribution in [3.05, 3.63) is 29.3 Å². The molecule has 1 saturated carbocycles. The number of ether oxygens (including phenoxy) is 1. The summed E-state index contributed by atoms with van der Waals surface area (Å²) in [5.74, 6) is 1.30. The summed E-state index contributed by atoms with van der Waals surface area (Å²) in [6.07, 6.45) is 5.54. The Morgan fingerprint density at radius 1 is 1.32 bits per heavy atom. The molecule has 2 nitrogen and oxygen atoms in total. The average molecular weight is 258 g/mol. The van der Waals surface area contributed by atoms with Gasteiger partial charge in [0.25, 0.3) is 0 Å². The van der Waals surface area contributed by atoms with Gasteiger partial charge < -0.3 is 4.74 Å². The maximum absolute atomic E-state index is 12.9. The van der Waals surface area contributed by atoms with Crippen molar-refractivity contribution in [2.24, 2.45) is 11.3 Å². The molecule has 102 valence electrons. The first kappa shape index (κ1) is 12.7. The zero-order chi connectivity index (χ0) is 13.5. The van der Waals surface area contributed by atoms with Gasteiger partial charge in [-0.3, -0.25) is 4.79 Å². The molecule has 1 aromatic carbocycles. The van der Waals surface area contributed by atoms with Gasteiger partial charge in [0.2, 0.25) is 0 Å². The molecule has 0 bridgehead atoms. The largest absolute Gasteiger partial charge is 0.492 e. The summed E-state index contributed by atoms with van der Waals surface area (Å²) in [5.41, 5.74) is 2.13. The van der Waals surface area contributed by atoms with Gasteiger partial charge in [-0.1, -0.05) is 38.8 Å². The number of Topliss-reactive ketones (excluding diaryl/α,β-unsaturated/α-hetero) is 1. The molecule has 19 heavy (non-hydrogen) atoms. The fourth-order valence-electron chi connectivity index (χ4n) is 3.58. The molecule has 0 amide bonds. The molecule has 1 fully saturated rings. The minimum absolute atomic E-state index is 0.122. The molecule has 0 N–H and O–H groups in total. The van der Waals surface area contributed by atoms with E-state index in [0.29, 0.717) is 12.4 Å². The SMILES string of the molecule is CC1(C)CCCCC1C(=O)c1cccc2c1OCC2. The molecule has 0 radical (unpaired) electrons. The van der Waals surface area contributed by atoms with Gasteiger partial charge in [-0.25, -0.2) is 0 Å². The number of fused-ring (bicyclic) bond motifs is 1. The second kappa shape index (κ2) is 4.66. The van der Waals surface area contributed by atoms with Crippen LogP contribution in [0.5, 0.6) is 5.75 Å². The Kier molecular flexibility index (Phi) is 3.12. The summed E-state index contributed by atoms with van der Waals surface area (Å²) in [4.78, 5) is 12.9. The highest BCUT2D eigenvalue weighted by molar-refractivity contribution is 6.01. The maximum Gasteiger partial charge on any atom is 0.170 e. The lowest BCUT2D eigenvalue weighted by Crippen LogP contribution is -2.34. The van der Waals surface area contributed by atoms with Gasteiger partial charge >= 0.3 is 0 Å². The molecule has 1 aliphatic heterocycles. The molecule has 1 atom stereocenters. The summed E-state index contributed by atoms with van der Waals surface area (Å²) in [7, 11) is 0. The Morgan fingerprint density at radius 2 is 2.16 bits per heavy atom. The number of hydrogen-bond acceptors (Lipinski definition) is 2. The molecular formula is C17H22O2. The van der Waals surface area contributed by atoms with Gasteiger partial charge in [0.1, 0.15) is 5.75 Å². The van der Waals surface area contributed by atoms with Crippen molar-refractivity contribution in [2.75, 3.05) is 6.61 Å². The van der Waals surface area contributed by atoms with Crippen LogP contribution in [0.3, 0.4) is 0 Å². The van der Waals surface area contributed by atoms with Crippen molar-refractivity contribution in [3.63, 3.8) is 0 Å². The Bertz CT molecular complexity index is 502. The molecule has 1 unspecified atom stereocenters. The van der Waals surface area contributed by atoms with Crippen LogP contribution >= 0.6 is 0 Å². The van der Waals surface area contributed by atoms with Crippen molar-refractivity contribution in [2.45, 2.75) is 46.0 Å². The summed E-state index contributed by atoms with van der Waals surface area (Å²) in [5, 5.41) is 0. The van der Waals surface area contributed by atoms with E-state index in [9.17, 15) is 4.79 Å². The highest BCUT2D eigenvalue weighted by atomic mass is 16.5. The quantitative estimate of drug-likeness (QED) is 0.749. The number of carbonyl (C=O) groups is 1. The van der Waals surface area contributed by atoms with Crippen LogP contribution in [-0.4, -0.2) is 12.4 Å². The monoisotopic (exact) mass is 258 g/mol. The van der Waals surface area contributed by atoms with Crippen LogP contribution in [0, 0.1) is 11.3 Å². The Hall–Kier alpha value is -1.31. The zero-order valence-electron chi connectivity index (χ0n) is 11.9. The molecule has 2 aliphatic rings. The average Bonchev–Trinajstić information content (AvgIpc) is 2.85. The normalized spacial score (nSPS) is 24.6. The van der Waals surface area contributed by atoms with Crippen LogP contribution in [0.1, 0.15) is 55.5 Å². The van der Waals surface area contributed by atoms with Gasteiger partial charge in [0.05, 0.1) is 12.2 Å². The third-order valence-electron chi connectivity index (χ3n) is 4.80. The Balaban J connectivity index is 1.94. The highest BCUT2D eigenvalue weighted by Crippen LogP contribution is 2.43. The van der Waals surface area contributed by atoms with Crippen molar-refractivity contribution < 1.29 is 9.53 Å². The second-order valence-corrected chi connectivity index (χ2v) is 6.54. The smallest absolute Gasteiger partial charge is 0.170 e. The highest BCUT2D eigenvalue weighted by Gasteiger charge is 2.38. The number of benzene rings is 1. The van der Waals surface area contributed by atoms with E-state index in [0.717, 1.165) is 30.6 Å². The lowest BCUT2D eigenvalue weighted by molar-refractivity contribution is 0.0694. The molecule has 0 aromatic heterocycles. The predicted molar refractivity (Wildman–Crippen MR) is 75.7 cm³/mol. The number of ketones is 1. The number of hydrogen-bond donors (Lipinski definition) is 0. The topological polar surface area (TPSA) is 26.3 Å². The van der Waals surface area contributed by atoms with Crippen LogP contribution in [0.2, 0.25) is 0 Å². The lowest BCUT2D eigenvalue weighted by atomic mass is 9.66. The van der Waals surface area contributed by atoms with E-state index >= 15 is 0 Å². The summed E-state index contributed by atoms with van der Waals surface area (Å²) in [6.45, 7) is 5.19. The van der Waals surface area contributed by atoms with Gasteiger partial charge in [0, 0.05) is 12.3 Å². The first-order valence-electron chi connectivity index (χ1n) is 7.38. The minimum atomic E-state index is 0.122. The van der Waals surface area contributed by atoms with Gasteiger partial charge in [-0.15, -0.1) is 0 Å². The van der Waals surface area contributed by atoms with Gasteiger partial charge in [-0.05, 0) is 29.9 Å². The minimum Gasteiger partial charge on any atom is -0.492 e. The van der Waals surface area contributed by atoms with Crippen molar-refractivity contribution in [3.8, 4) is 5.75 Å². The first-order chi connectivity index (χ1) is 9.09. The van der Waals surface area contributed by atoms with E-state index in [1.165, 1.54) is 18.4 Å². The van der Waals surface area contributed by atoms with E-state index in [2.05, 4.69) is 19.9 Å². The third-order valence-corrected chi connectivity index (χ3v) is 4.80. The second-order valence-electron chi connectivity index (χ2n) is 6.54. The standard InChI is InChI=1S/C17H22O2/c1-17(2)10-4-3-8-14(17)15(18)13-7-5-6-12-9-11-19-16(12)13/h5-7,14H,3-4,8-11H2,1-2H3. The lowest BCUT2D eigenvalue weighted by Gasteiger charge is -2.37. The van der Waals surface area contributed by atoms with E-state index < -0.39 is 0 Å². The first-order valence-corrected chi connectivity index (χ1v) is 7.38. The van der Waals surface area contributed by atoms with Gasteiger partial charge in [-0.2, -0.15) is 0 Å². The zero-order valence-corrected chi connectivity index (χ0v) is 11.9. The van der Waals surface area contributed by atoms with E-state index in [-0.39, 0.29) is 11.3 Å². The molecule has 1 heterocycles. The Morgan fingerprint density at radius 3 is 2.95 bits per heavy atom. The molecule has 3 rings (SSSR count). The number of para-hydroxylation sites is 1. The van der Waals surface area contributed by atoms with Gasteiger partial charge in [0.15, 0.2) is 5.78 Å². The molecule has 0 spiro atoms. The van der Waals surface area contributed by atoms with Crippen LogP contribution in [-0.2, 0) is 6.42 Å². The summed E-state index contributed by atoms with van der Waals surface area (Å²) in [6, 6.07) is 6.01. The van der Waals surface area contributed by atoms with E-state index in [1.54, 1.807) is 0 Å². The molecule has 2 heteroatoms. The van der Waals surface area contributed by atoms with Crippen LogP contribution in [0.15, 0.2) is 18.2 Å². The maximum atomic E-state index is 12.9. The van der Waals surface area contributed by atoms with E-state index in [4.69, 9.17) is 4.74 Å². The summed E-state index contributed by atoms with van der Waals surface area (Å²) < 4.78 is 5.69. The van der Waals surface area contributed by atoms with Crippen molar-refractivity contribution in [1.29, 1.82) is 0 Å². The van der Waals surface area contributed by atoms with E-state index in [1.807, 2.05) is 12.1 Å².